The number of aromatic nitrogens is 1. The molecule has 0 aliphatic carbocycles. The van der Waals surface area contributed by atoms with E-state index in [1.54, 1.807) is 11.1 Å². The second kappa shape index (κ2) is 7.65. The van der Waals surface area contributed by atoms with Crippen LogP contribution >= 0.6 is 0 Å². The van der Waals surface area contributed by atoms with E-state index in [1.165, 1.54) is 0 Å². The molecule has 1 fully saturated rings. The van der Waals surface area contributed by atoms with Crippen molar-refractivity contribution in [1.82, 2.24) is 15.2 Å². The van der Waals surface area contributed by atoms with Crippen molar-refractivity contribution in [3.63, 3.8) is 0 Å². The van der Waals surface area contributed by atoms with E-state index in [1.807, 2.05) is 36.4 Å². The van der Waals surface area contributed by atoms with E-state index in [2.05, 4.69) is 10.3 Å². The molecule has 2 amide bonds. The van der Waals surface area contributed by atoms with Crippen molar-refractivity contribution in [2.75, 3.05) is 19.9 Å². The molecule has 7 heteroatoms. The van der Waals surface area contributed by atoms with E-state index in [-0.39, 0.29) is 30.9 Å². The van der Waals surface area contributed by atoms with Gasteiger partial charge >= 0.3 is 0 Å². The number of pyridine rings is 1. The van der Waals surface area contributed by atoms with E-state index in [9.17, 15) is 9.59 Å². The first-order valence-electron chi connectivity index (χ1n) is 9.03. The predicted molar refractivity (Wildman–Crippen MR) is 97.0 cm³/mol. The van der Waals surface area contributed by atoms with Crippen LogP contribution in [0.4, 0.5) is 0 Å². The second-order valence-corrected chi connectivity index (χ2v) is 6.73. The van der Waals surface area contributed by atoms with Crippen molar-refractivity contribution in [3.8, 4) is 11.5 Å². The Labute approximate surface area is 157 Å². The molecule has 140 valence electrons. The maximum absolute atomic E-state index is 12.4. The molecule has 3 heterocycles. The highest BCUT2D eigenvalue weighted by Gasteiger charge is 2.34. The average molecular weight is 367 g/mol. The number of amides is 2. The smallest absolute Gasteiger partial charge is 0.231 e. The van der Waals surface area contributed by atoms with Crippen molar-refractivity contribution >= 4 is 11.8 Å². The van der Waals surface area contributed by atoms with Gasteiger partial charge in [-0.1, -0.05) is 12.1 Å². The molecule has 0 spiro atoms. The van der Waals surface area contributed by atoms with Crippen molar-refractivity contribution in [2.45, 2.75) is 19.4 Å². The first kappa shape index (κ1) is 17.3. The fourth-order valence-electron chi connectivity index (χ4n) is 3.36. The summed E-state index contributed by atoms with van der Waals surface area (Å²) in [5.41, 5.74) is 1.90. The first-order valence-corrected chi connectivity index (χ1v) is 9.03. The third kappa shape index (κ3) is 4.02. The van der Waals surface area contributed by atoms with Crippen molar-refractivity contribution < 1.29 is 19.1 Å². The molecule has 1 aromatic heterocycles. The number of benzene rings is 1. The minimum absolute atomic E-state index is 0.00317. The minimum atomic E-state index is -0.307. The third-order valence-corrected chi connectivity index (χ3v) is 4.81. The maximum Gasteiger partial charge on any atom is 0.231 e. The van der Waals surface area contributed by atoms with Crippen LogP contribution < -0.4 is 14.8 Å². The molecular weight excluding hydrogens is 346 g/mol. The molecule has 0 saturated carbocycles. The molecule has 2 aromatic rings. The van der Waals surface area contributed by atoms with Crippen LogP contribution in [0, 0.1) is 5.92 Å². The van der Waals surface area contributed by atoms with Gasteiger partial charge in [0.05, 0.1) is 18.2 Å². The quantitative estimate of drug-likeness (QED) is 0.837. The Morgan fingerprint density at radius 3 is 2.96 bits per heavy atom. The summed E-state index contributed by atoms with van der Waals surface area (Å²) in [5.74, 6) is 1.10. The van der Waals surface area contributed by atoms with Gasteiger partial charge < -0.3 is 19.7 Å². The Balaban J connectivity index is 1.26. The molecule has 0 radical (unpaired) electrons. The Morgan fingerprint density at radius 1 is 1.22 bits per heavy atom. The summed E-state index contributed by atoms with van der Waals surface area (Å²) in [6, 6.07) is 11.4. The molecule has 2 aliphatic rings. The van der Waals surface area contributed by atoms with Gasteiger partial charge in [-0.2, -0.15) is 0 Å². The third-order valence-electron chi connectivity index (χ3n) is 4.81. The van der Waals surface area contributed by atoms with E-state index < -0.39 is 0 Å². The zero-order valence-corrected chi connectivity index (χ0v) is 14.9. The Hall–Kier alpha value is -3.09. The molecule has 1 unspecified atom stereocenters. The van der Waals surface area contributed by atoms with Crippen LogP contribution in [0.25, 0.3) is 0 Å². The van der Waals surface area contributed by atoms with E-state index >= 15 is 0 Å². The zero-order valence-electron chi connectivity index (χ0n) is 14.9. The summed E-state index contributed by atoms with van der Waals surface area (Å²) in [4.78, 5) is 30.5. The van der Waals surface area contributed by atoms with Gasteiger partial charge in [-0.25, -0.2) is 0 Å². The lowest BCUT2D eigenvalue weighted by Crippen LogP contribution is -2.34. The predicted octanol–water partition coefficient (Wildman–Crippen LogP) is 1.52. The molecule has 4 rings (SSSR count). The van der Waals surface area contributed by atoms with Gasteiger partial charge in [0.2, 0.25) is 18.6 Å². The molecule has 2 aliphatic heterocycles. The number of rotatable bonds is 6. The second-order valence-electron chi connectivity index (χ2n) is 6.73. The number of nitrogens with zero attached hydrogens (tertiary/aromatic N) is 2. The number of carbonyl (C=O) groups excluding carboxylic acids is 2. The highest BCUT2D eigenvalue weighted by molar-refractivity contribution is 5.89. The fourth-order valence-corrected chi connectivity index (χ4v) is 3.36. The van der Waals surface area contributed by atoms with Crippen LogP contribution in [-0.4, -0.2) is 41.6 Å². The van der Waals surface area contributed by atoms with Crippen molar-refractivity contribution in [2.24, 2.45) is 5.92 Å². The zero-order chi connectivity index (χ0) is 18.6. The van der Waals surface area contributed by atoms with Gasteiger partial charge in [-0.15, -0.1) is 0 Å². The fraction of sp³-hybridized carbons (Fsp3) is 0.350. The lowest BCUT2D eigenvalue weighted by Gasteiger charge is -2.16. The number of fused-ring (bicyclic) bond motifs is 1. The van der Waals surface area contributed by atoms with Crippen LogP contribution in [0.5, 0.6) is 11.5 Å². The van der Waals surface area contributed by atoms with Crippen LogP contribution in [0.3, 0.4) is 0 Å². The minimum Gasteiger partial charge on any atom is -0.454 e. The molecule has 7 nitrogen and oxygen atoms in total. The number of ether oxygens (including phenoxy) is 2. The number of hydrogen-bond acceptors (Lipinski definition) is 5. The average Bonchev–Trinajstić information content (AvgIpc) is 3.29. The molecule has 1 aromatic carbocycles. The summed E-state index contributed by atoms with van der Waals surface area (Å²) in [6.45, 7) is 1.65. The van der Waals surface area contributed by atoms with Gasteiger partial charge in [0, 0.05) is 25.7 Å². The summed E-state index contributed by atoms with van der Waals surface area (Å²) < 4.78 is 10.7. The van der Waals surface area contributed by atoms with E-state index in [0.717, 1.165) is 22.8 Å². The van der Waals surface area contributed by atoms with Crippen LogP contribution in [0.1, 0.15) is 17.7 Å². The Bertz CT molecular complexity index is 840. The molecule has 1 atom stereocenters. The summed E-state index contributed by atoms with van der Waals surface area (Å²) in [5, 5.41) is 2.94. The van der Waals surface area contributed by atoms with Crippen molar-refractivity contribution in [3.05, 3.63) is 53.9 Å². The van der Waals surface area contributed by atoms with Gasteiger partial charge in [0.25, 0.3) is 0 Å². The van der Waals surface area contributed by atoms with Crippen LogP contribution in [0.15, 0.2) is 42.6 Å². The molecule has 0 bridgehead atoms. The molecule has 27 heavy (non-hydrogen) atoms. The number of carbonyl (C=O) groups is 2. The summed E-state index contributed by atoms with van der Waals surface area (Å²) in [7, 11) is 0. The highest BCUT2D eigenvalue weighted by Crippen LogP contribution is 2.32. The molecular formula is C20H21N3O4. The largest absolute Gasteiger partial charge is 0.454 e. The van der Waals surface area contributed by atoms with E-state index in [4.69, 9.17) is 9.47 Å². The van der Waals surface area contributed by atoms with Crippen LogP contribution in [0.2, 0.25) is 0 Å². The van der Waals surface area contributed by atoms with Crippen molar-refractivity contribution in [1.29, 1.82) is 0 Å². The monoisotopic (exact) mass is 367 g/mol. The first-order chi connectivity index (χ1) is 13.2. The highest BCUT2D eigenvalue weighted by atomic mass is 16.7. The Kier molecular flexibility index (Phi) is 4.91. The number of likely N-dealkylation sites (tertiary alicyclic amines) is 1. The summed E-state index contributed by atoms with van der Waals surface area (Å²) in [6.07, 6.45) is 2.65. The van der Waals surface area contributed by atoms with Gasteiger partial charge in [0.1, 0.15) is 0 Å². The topological polar surface area (TPSA) is 80.8 Å². The maximum atomic E-state index is 12.4. The Morgan fingerprint density at radius 2 is 2.11 bits per heavy atom. The van der Waals surface area contributed by atoms with E-state index in [0.29, 0.717) is 26.1 Å². The van der Waals surface area contributed by atoms with Gasteiger partial charge in [-0.3, -0.25) is 14.6 Å². The molecule has 1 saturated heterocycles. The standard InChI is InChI=1S/C20H21N3O4/c24-19-10-15(11-23(19)12-16-3-1-2-7-21-16)20(25)22-8-6-14-4-5-17-18(9-14)27-13-26-17/h1-5,7,9,15H,6,8,10-13H2,(H,22,25). The van der Waals surface area contributed by atoms with Crippen LogP contribution in [-0.2, 0) is 22.6 Å². The SMILES string of the molecule is O=C(NCCc1ccc2c(c1)OCO2)C1CC(=O)N(Cc2ccccn2)C1. The molecule has 1 N–H and O–H groups in total. The lowest BCUT2D eigenvalue weighted by atomic mass is 10.1. The normalized spacial score (nSPS) is 18.0. The lowest BCUT2D eigenvalue weighted by molar-refractivity contribution is -0.129. The number of hydrogen-bond donors (Lipinski definition) is 1. The number of nitrogens with one attached hydrogen (secondary N) is 1. The van der Waals surface area contributed by atoms with Gasteiger partial charge in [0.15, 0.2) is 11.5 Å². The summed E-state index contributed by atoms with van der Waals surface area (Å²) >= 11 is 0. The van der Waals surface area contributed by atoms with Gasteiger partial charge in [-0.05, 0) is 36.2 Å².